The first kappa shape index (κ1) is 9.48. The van der Waals surface area contributed by atoms with Crippen LogP contribution >= 0.6 is 0 Å². The normalized spacial score (nSPS) is 28.8. The molecule has 1 fully saturated rings. The molecule has 0 spiro atoms. The molecule has 0 aliphatic carbocycles. The molecule has 0 aromatic carbocycles. The maximum atomic E-state index is 10.8. The van der Waals surface area contributed by atoms with Crippen LogP contribution in [0.1, 0.15) is 12.8 Å². The highest BCUT2D eigenvalue weighted by Crippen LogP contribution is 2.15. The minimum Gasteiger partial charge on any atom is -0.469 e. The molecule has 0 unspecified atom stereocenters. The first-order chi connectivity index (χ1) is 5.74. The maximum Gasteiger partial charge on any atom is 0.305 e. The molecule has 1 aliphatic heterocycles. The van der Waals surface area contributed by atoms with Crippen LogP contribution in [0.25, 0.3) is 0 Å². The number of aliphatic hydroxyl groups is 1. The second-order valence-electron chi connectivity index (χ2n) is 3.10. The number of esters is 1. The maximum absolute atomic E-state index is 10.8. The molecule has 0 aromatic rings. The number of β-amino-alcohol motifs (C(OH)–C–C–N with tert-alkyl or cyclic N) is 1. The van der Waals surface area contributed by atoms with E-state index in [1.807, 2.05) is 0 Å². The van der Waals surface area contributed by atoms with Crippen LogP contribution in [-0.2, 0) is 9.53 Å². The molecule has 2 N–H and O–H groups in total. The van der Waals surface area contributed by atoms with Gasteiger partial charge in [-0.15, -0.1) is 0 Å². The van der Waals surface area contributed by atoms with Crippen LogP contribution in [0, 0.1) is 5.92 Å². The summed E-state index contributed by atoms with van der Waals surface area (Å²) in [6.45, 7) is 1.45. The Morgan fingerprint density at radius 2 is 2.42 bits per heavy atom. The molecule has 70 valence electrons. The van der Waals surface area contributed by atoms with Gasteiger partial charge in [-0.1, -0.05) is 0 Å². The topological polar surface area (TPSA) is 58.6 Å². The highest BCUT2D eigenvalue weighted by molar-refractivity contribution is 5.69. The lowest BCUT2D eigenvalue weighted by molar-refractivity contribution is -0.141. The van der Waals surface area contributed by atoms with Crippen LogP contribution in [0.2, 0.25) is 0 Å². The minimum absolute atomic E-state index is 0.200. The lowest BCUT2D eigenvalue weighted by Crippen LogP contribution is -2.19. The van der Waals surface area contributed by atoms with Crippen molar-refractivity contribution >= 4 is 5.97 Å². The summed E-state index contributed by atoms with van der Waals surface area (Å²) in [5.41, 5.74) is 0. The van der Waals surface area contributed by atoms with Gasteiger partial charge in [-0.2, -0.15) is 0 Å². The van der Waals surface area contributed by atoms with E-state index in [0.717, 1.165) is 6.54 Å². The van der Waals surface area contributed by atoms with Gasteiger partial charge in [-0.25, -0.2) is 0 Å². The predicted octanol–water partition coefficient (Wildman–Crippen LogP) is -0.480. The smallest absolute Gasteiger partial charge is 0.305 e. The van der Waals surface area contributed by atoms with Crippen molar-refractivity contribution < 1.29 is 14.6 Å². The molecule has 0 aromatic heterocycles. The zero-order chi connectivity index (χ0) is 8.97. The standard InChI is InChI=1S/C8H15NO3/c1-12-8(11)3-2-6-4-9-5-7(6)10/h6-7,9-10H,2-5H2,1H3/t6-,7+/m0/s1. The third kappa shape index (κ3) is 2.46. The van der Waals surface area contributed by atoms with E-state index in [4.69, 9.17) is 0 Å². The van der Waals surface area contributed by atoms with Gasteiger partial charge in [0.15, 0.2) is 0 Å². The molecule has 0 bridgehead atoms. The SMILES string of the molecule is COC(=O)CC[C@H]1CNC[C@H]1O. The fourth-order valence-corrected chi connectivity index (χ4v) is 1.42. The van der Waals surface area contributed by atoms with Crippen LogP contribution in [0.5, 0.6) is 0 Å². The second-order valence-corrected chi connectivity index (χ2v) is 3.10. The Morgan fingerprint density at radius 3 is 2.92 bits per heavy atom. The van der Waals surface area contributed by atoms with Gasteiger partial charge in [0.25, 0.3) is 0 Å². The summed E-state index contributed by atoms with van der Waals surface area (Å²) in [4.78, 5) is 10.8. The summed E-state index contributed by atoms with van der Waals surface area (Å²) in [7, 11) is 1.38. The van der Waals surface area contributed by atoms with Crippen LogP contribution < -0.4 is 5.32 Å². The zero-order valence-electron chi connectivity index (χ0n) is 7.25. The van der Waals surface area contributed by atoms with Crippen molar-refractivity contribution in [3.8, 4) is 0 Å². The third-order valence-electron chi connectivity index (χ3n) is 2.25. The van der Waals surface area contributed by atoms with E-state index in [0.29, 0.717) is 19.4 Å². The van der Waals surface area contributed by atoms with E-state index in [1.54, 1.807) is 0 Å². The molecule has 1 heterocycles. The Kier molecular flexibility index (Phi) is 3.49. The molecule has 1 saturated heterocycles. The Bertz CT molecular complexity index is 160. The molecular formula is C8H15NO3. The van der Waals surface area contributed by atoms with Gasteiger partial charge < -0.3 is 15.2 Å². The quantitative estimate of drug-likeness (QED) is 0.566. The molecule has 1 rings (SSSR count). The van der Waals surface area contributed by atoms with E-state index in [1.165, 1.54) is 7.11 Å². The third-order valence-corrected chi connectivity index (χ3v) is 2.25. The fourth-order valence-electron chi connectivity index (χ4n) is 1.42. The van der Waals surface area contributed by atoms with Crippen LogP contribution in [0.4, 0.5) is 0 Å². The van der Waals surface area contributed by atoms with Gasteiger partial charge in [-0.3, -0.25) is 4.79 Å². The summed E-state index contributed by atoms with van der Waals surface area (Å²) < 4.78 is 4.50. The number of nitrogens with one attached hydrogen (secondary N) is 1. The molecule has 0 radical (unpaired) electrons. The van der Waals surface area contributed by atoms with Crippen LogP contribution in [0.3, 0.4) is 0 Å². The summed E-state index contributed by atoms with van der Waals surface area (Å²) in [5, 5.41) is 12.4. The van der Waals surface area contributed by atoms with E-state index in [2.05, 4.69) is 10.1 Å². The van der Waals surface area contributed by atoms with Gasteiger partial charge in [0.1, 0.15) is 0 Å². The molecule has 12 heavy (non-hydrogen) atoms. The van der Waals surface area contributed by atoms with Gasteiger partial charge in [-0.05, 0) is 12.3 Å². The van der Waals surface area contributed by atoms with Crippen LogP contribution in [-0.4, -0.2) is 37.4 Å². The number of carbonyl (C=O) groups is 1. The summed E-state index contributed by atoms with van der Waals surface area (Å²) >= 11 is 0. The molecule has 2 atom stereocenters. The summed E-state index contributed by atoms with van der Waals surface area (Å²) in [6, 6.07) is 0. The second kappa shape index (κ2) is 4.42. The van der Waals surface area contributed by atoms with E-state index in [9.17, 15) is 9.90 Å². The van der Waals surface area contributed by atoms with Gasteiger partial charge in [0, 0.05) is 19.5 Å². The Labute approximate surface area is 71.9 Å². The Hall–Kier alpha value is -0.610. The van der Waals surface area contributed by atoms with Crippen molar-refractivity contribution in [3.05, 3.63) is 0 Å². The van der Waals surface area contributed by atoms with Crippen molar-refractivity contribution in [2.75, 3.05) is 20.2 Å². The molecule has 1 aliphatic rings. The Morgan fingerprint density at radius 1 is 1.67 bits per heavy atom. The number of ether oxygens (including phenoxy) is 1. The summed E-state index contributed by atoms with van der Waals surface area (Å²) in [6.07, 6.45) is 0.815. The van der Waals surface area contributed by atoms with Crippen molar-refractivity contribution in [3.63, 3.8) is 0 Å². The predicted molar refractivity (Wildman–Crippen MR) is 43.6 cm³/mol. The average molecular weight is 173 g/mol. The number of methoxy groups -OCH3 is 1. The largest absolute Gasteiger partial charge is 0.469 e. The first-order valence-electron chi connectivity index (χ1n) is 4.19. The number of hydrogen-bond donors (Lipinski definition) is 2. The number of carbonyl (C=O) groups excluding carboxylic acids is 1. The van der Waals surface area contributed by atoms with E-state index < -0.39 is 0 Å². The van der Waals surface area contributed by atoms with Crippen molar-refractivity contribution in [2.45, 2.75) is 18.9 Å². The minimum atomic E-state index is -0.297. The van der Waals surface area contributed by atoms with E-state index >= 15 is 0 Å². The van der Waals surface area contributed by atoms with Gasteiger partial charge >= 0.3 is 5.97 Å². The van der Waals surface area contributed by atoms with E-state index in [-0.39, 0.29) is 18.0 Å². The number of aliphatic hydroxyl groups excluding tert-OH is 1. The van der Waals surface area contributed by atoms with Crippen molar-refractivity contribution in [2.24, 2.45) is 5.92 Å². The highest BCUT2D eigenvalue weighted by Gasteiger charge is 2.24. The molecule has 0 saturated carbocycles. The van der Waals surface area contributed by atoms with Crippen molar-refractivity contribution in [1.29, 1.82) is 0 Å². The highest BCUT2D eigenvalue weighted by atomic mass is 16.5. The summed E-state index contributed by atoms with van der Waals surface area (Å²) in [5.74, 6) is 0.0122. The monoisotopic (exact) mass is 173 g/mol. The molecule has 4 nitrogen and oxygen atoms in total. The number of hydrogen-bond acceptors (Lipinski definition) is 4. The Balaban J connectivity index is 2.18. The van der Waals surface area contributed by atoms with Gasteiger partial charge in [0.05, 0.1) is 13.2 Å². The first-order valence-corrected chi connectivity index (χ1v) is 4.19. The molecule has 4 heteroatoms. The lowest BCUT2D eigenvalue weighted by atomic mass is 10.0. The molecule has 0 amide bonds. The zero-order valence-corrected chi connectivity index (χ0v) is 7.25. The fraction of sp³-hybridized carbons (Fsp3) is 0.875. The number of rotatable bonds is 3. The van der Waals surface area contributed by atoms with Gasteiger partial charge in [0.2, 0.25) is 0 Å². The average Bonchev–Trinajstić information content (AvgIpc) is 2.47. The molecular weight excluding hydrogens is 158 g/mol. The lowest BCUT2D eigenvalue weighted by Gasteiger charge is -2.11. The van der Waals surface area contributed by atoms with Crippen molar-refractivity contribution in [1.82, 2.24) is 5.32 Å². The van der Waals surface area contributed by atoms with Crippen LogP contribution in [0.15, 0.2) is 0 Å².